The van der Waals surface area contributed by atoms with Gasteiger partial charge in [-0.15, -0.1) is 0 Å². The summed E-state index contributed by atoms with van der Waals surface area (Å²) in [5.74, 6) is -0.596. The average Bonchev–Trinajstić information content (AvgIpc) is 3.24. The predicted octanol–water partition coefficient (Wildman–Crippen LogP) is 5.16. The lowest BCUT2D eigenvalue weighted by Crippen LogP contribution is -2.31. The number of aryl methyl sites for hydroxylation is 1. The summed E-state index contributed by atoms with van der Waals surface area (Å²) in [6.07, 6.45) is -0.656. The highest BCUT2D eigenvalue weighted by atomic mass is 32.2. The molecule has 2 aromatic rings. The Labute approximate surface area is 207 Å². The summed E-state index contributed by atoms with van der Waals surface area (Å²) < 4.78 is 58.7. The second-order valence-electron chi connectivity index (χ2n) is 8.03. The van der Waals surface area contributed by atoms with Crippen LogP contribution in [0.3, 0.4) is 0 Å². The normalized spacial score (nSPS) is 18.5. The van der Waals surface area contributed by atoms with E-state index in [1.54, 1.807) is 75.4 Å². The number of sulfonamides is 1. The summed E-state index contributed by atoms with van der Waals surface area (Å²) in [5, 5.41) is 0.341. The molecule has 0 spiro atoms. The first kappa shape index (κ1) is 27.3. The maximum atomic E-state index is 13.7. The predicted molar refractivity (Wildman–Crippen MR) is 134 cm³/mol. The molecule has 3 rings (SSSR count). The fourth-order valence-electron chi connectivity index (χ4n) is 3.98. The van der Waals surface area contributed by atoms with Crippen molar-refractivity contribution in [3.05, 3.63) is 76.6 Å². The molecule has 1 atom stereocenters. The van der Waals surface area contributed by atoms with Gasteiger partial charge in [0, 0.05) is 11.9 Å². The van der Waals surface area contributed by atoms with Gasteiger partial charge in [0.2, 0.25) is 10.0 Å². The summed E-state index contributed by atoms with van der Waals surface area (Å²) in [7, 11) is -7.62. The van der Waals surface area contributed by atoms with Crippen molar-refractivity contribution in [3.63, 3.8) is 0 Å². The van der Waals surface area contributed by atoms with E-state index in [4.69, 9.17) is 13.8 Å². The van der Waals surface area contributed by atoms with Gasteiger partial charge in [-0.2, -0.15) is 4.31 Å². The number of nitrogens with zero attached hydrogens (tertiary/aromatic N) is 1. The zero-order chi connectivity index (χ0) is 25.6. The van der Waals surface area contributed by atoms with Crippen molar-refractivity contribution < 1.29 is 31.6 Å². The highest BCUT2D eigenvalue weighted by molar-refractivity contribution is 7.89. The van der Waals surface area contributed by atoms with E-state index < -0.39 is 29.7 Å². The summed E-state index contributed by atoms with van der Waals surface area (Å²) in [4.78, 5) is 13.0. The van der Waals surface area contributed by atoms with Crippen LogP contribution in [0, 0.1) is 6.92 Å². The lowest BCUT2D eigenvalue weighted by molar-refractivity contribution is 0.0390. The van der Waals surface area contributed by atoms with Crippen molar-refractivity contribution in [1.82, 2.24) is 4.31 Å². The van der Waals surface area contributed by atoms with E-state index >= 15 is 0 Å². The van der Waals surface area contributed by atoms with Gasteiger partial charge in [-0.1, -0.05) is 42.8 Å². The molecule has 0 aromatic heterocycles. The maximum Gasteiger partial charge on any atom is 0.357 e. The minimum Gasteiger partial charge on any atom is -0.453 e. The van der Waals surface area contributed by atoms with Gasteiger partial charge in [-0.25, -0.2) is 13.2 Å². The van der Waals surface area contributed by atoms with Gasteiger partial charge >= 0.3 is 13.6 Å². The average molecular weight is 522 g/mol. The second kappa shape index (κ2) is 11.6. The van der Waals surface area contributed by atoms with Crippen molar-refractivity contribution in [2.24, 2.45) is 0 Å². The van der Waals surface area contributed by atoms with Crippen LogP contribution in [0.2, 0.25) is 0 Å². The number of rotatable bonds is 10. The van der Waals surface area contributed by atoms with Crippen LogP contribution in [0.5, 0.6) is 0 Å². The molecule has 1 heterocycles. The smallest absolute Gasteiger partial charge is 0.357 e. The van der Waals surface area contributed by atoms with Crippen LogP contribution < -0.4 is 0 Å². The van der Waals surface area contributed by atoms with Crippen LogP contribution in [0.1, 0.15) is 43.1 Å². The second-order valence-corrected chi connectivity index (χ2v) is 12.0. The molecule has 10 heteroatoms. The number of esters is 1. The Morgan fingerprint density at radius 3 is 2.14 bits per heavy atom. The molecule has 1 aliphatic heterocycles. The number of carbonyl (C=O) groups is 1. The van der Waals surface area contributed by atoms with Gasteiger partial charge in [0.05, 0.1) is 30.2 Å². The highest BCUT2D eigenvalue weighted by Gasteiger charge is 2.43. The number of hydrogen-bond donors (Lipinski definition) is 0. The molecule has 0 bridgehead atoms. The number of benzene rings is 2. The monoisotopic (exact) mass is 521 g/mol. The van der Waals surface area contributed by atoms with Crippen LogP contribution in [0.15, 0.2) is 70.4 Å². The summed E-state index contributed by atoms with van der Waals surface area (Å²) in [6, 6.07) is 15.0. The Morgan fingerprint density at radius 1 is 1.00 bits per heavy atom. The van der Waals surface area contributed by atoms with Gasteiger partial charge < -0.3 is 13.8 Å². The van der Waals surface area contributed by atoms with E-state index in [1.807, 2.05) is 6.92 Å². The molecule has 0 radical (unpaired) electrons. The topological polar surface area (TPSA) is 99.2 Å². The van der Waals surface area contributed by atoms with E-state index in [2.05, 4.69) is 0 Å². The molecule has 0 amide bonds. The molecule has 1 unspecified atom stereocenters. The first-order valence-corrected chi connectivity index (χ1v) is 14.6. The van der Waals surface area contributed by atoms with Crippen LogP contribution in [0.25, 0.3) is 0 Å². The van der Waals surface area contributed by atoms with E-state index in [0.717, 1.165) is 5.56 Å². The van der Waals surface area contributed by atoms with Crippen LogP contribution in [-0.2, 0) is 28.4 Å². The van der Waals surface area contributed by atoms with Crippen LogP contribution in [0.4, 0.5) is 0 Å². The number of carbonyl (C=O) groups excluding carboxylic acids is 1. The summed E-state index contributed by atoms with van der Waals surface area (Å²) >= 11 is 0. The Balaban J connectivity index is 2.06. The lowest BCUT2D eigenvalue weighted by Gasteiger charge is -2.23. The van der Waals surface area contributed by atoms with Gasteiger partial charge in [0.25, 0.3) is 0 Å². The van der Waals surface area contributed by atoms with E-state index in [-0.39, 0.29) is 37.6 Å². The molecule has 0 saturated carbocycles. The van der Waals surface area contributed by atoms with Crippen LogP contribution >= 0.6 is 7.60 Å². The highest BCUT2D eigenvalue weighted by Crippen LogP contribution is 2.59. The lowest BCUT2D eigenvalue weighted by atomic mass is 10.1. The first-order chi connectivity index (χ1) is 16.7. The number of hydrogen-bond acceptors (Lipinski definition) is 7. The Bertz CT molecular complexity index is 1200. The maximum absolute atomic E-state index is 13.7. The molecule has 35 heavy (non-hydrogen) atoms. The fraction of sp³-hybridized carbons (Fsp3) is 0.400. The zero-order valence-electron chi connectivity index (χ0n) is 20.5. The fourth-order valence-corrected chi connectivity index (χ4v) is 7.42. The standard InChI is InChI=1S/C25H32NO7PS/c1-5-24(34(28,31-6-2)32-7-3)22-17-26(35(29,30)21-15-13-19(4)14-16-21)18-23(22)33-25(27)20-11-9-8-10-12-20/h8-16,23H,5-7,17-18H2,1-4H3/b24-22-. The van der Waals surface area contributed by atoms with Crippen LogP contribution in [-0.4, -0.2) is 51.1 Å². The molecular formula is C25H32NO7PS. The van der Waals surface area contributed by atoms with E-state index in [0.29, 0.717) is 16.5 Å². The minimum atomic E-state index is -3.90. The van der Waals surface area contributed by atoms with E-state index in [1.165, 1.54) is 4.31 Å². The minimum absolute atomic E-state index is 0.0870. The summed E-state index contributed by atoms with van der Waals surface area (Å²) in [5.41, 5.74) is 1.70. The first-order valence-electron chi connectivity index (χ1n) is 11.6. The van der Waals surface area contributed by atoms with Crippen molar-refractivity contribution in [1.29, 1.82) is 0 Å². The van der Waals surface area contributed by atoms with Gasteiger partial charge in [-0.05, 0) is 57.0 Å². The quantitative estimate of drug-likeness (QED) is 0.315. The van der Waals surface area contributed by atoms with Crippen molar-refractivity contribution in [3.8, 4) is 0 Å². The van der Waals surface area contributed by atoms with E-state index in [9.17, 15) is 17.8 Å². The third kappa shape index (κ3) is 6.11. The molecular weight excluding hydrogens is 489 g/mol. The number of allylic oxidation sites excluding steroid dienone is 1. The van der Waals surface area contributed by atoms with Crippen molar-refractivity contribution >= 4 is 23.6 Å². The molecule has 0 N–H and O–H groups in total. The zero-order valence-corrected chi connectivity index (χ0v) is 22.2. The molecule has 8 nitrogen and oxygen atoms in total. The SMILES string of the molecule is CCOP(=O)(OCC)/C(CC)=C1/CN(S(=O)(=O)c2ccc(C)cc2)CC1OC(=O)c1ccccc1. The Morgan fingerprint density at radius 2 is 1.60 bits per heavy atom. The summed E-state index contributed by atoms with van der Waals surface area (Å²) in [6.45, 7) is 7.18. The van der Waals surface area contributed by atoms with Gasteiger partial charge in [-0.3, -0.25) is 4.57 Å². The molecule has 190 valence electrons. The molecule has 1 saturated heterocycles. The molecule has 1 fully saturated rings. The van der Waals surface area contributed by atoms with Crippen molar-refractivity contribution in [2.75, 3.05) is 26.3 Å². The molecule has 1 aliphatic rings. The largest absolute Gasteiger partial charge is 0.453 e. The van der Waals surface area contributed by atoms with Gasteiger partial charge in [0.1, 0.15) is 6.10 Å². The Hall–Kier alpha value is -2.29. The van der Waals surface area contributed by atoms with Crippen molar-refractivity contribution in [2.45, 2.75) is 45.1 Å². The third-order valence-corrected chi connectivity index (χ3v) is 9.94. The van der Waals surface area contributed by atoms with Gasteiger partial charge in [0.15, 0.2) is 0 Å². The number of ether oxygens (including phenoxy) is 1. The third-order valence-electron chi connectivity index (χ3n) is 5.66. The molecule has 2 aromatic carbocycles. The molecule has 0 aliphatic carbocycles. The Kier molecular flexibility index (Phi) is 9.07.